The van der Waals surface area contributed by atoms with E-state index in [1.807, 2.05) is 0 Å². The van der Waals surface area contributed by atoms with Crippen molar-refractivity contribution >= 4 is 40.5 Å². The zero-order valence-corrected chi connectivity index (χ0v) is 36.8. The molecule has 6 aliphatic rings. The summed E-state index contributed by atoms with van der Waals surface area (Å²) in [4.78, 5) is 0. The van der Waals surface area contributed by atoms with Crippen LogP contribution in [0.4, 0.5) is 0 Å². The Hall–Kier alpha value is 1.02. The molecule has 0 amide bonds. The fourth-order valence-electron chi connectivity index (χ4n) is 14.5. The standard InChI is InChI=1S/C45H74Cl2P2.Ru/c46-48(39-24-10-2-11-25-39,40-26-12-3-13-27-40,41-28-14-4-15-29-41)45(37-36-38-22-8-1-9-23-38)49(47,42-30-16-5-17-31-42,43-32-18-6-19-33-43)44-34-20-7-21-35-44;/h1,8-9,22-23,36-37,39-45H,2-7,10-21,24-35H2;. The zero-order chi connectivity index (χ0) is 33.7. The number of hydrogen-bond donors (Lipinski definition) is 0. The second-order valence-corrected chi connectivity index (χ2v) is 34.2. The molecule has 0 bridgehead atoms. The molecule has 6 aliphatic carbocycles. The molecule has 50 heavy (non-hydrogen) atoms. The summed E-state index contributed by atoms with van der Waals surface area (Å²) in [5.74, 6) is -6.16. The molecule has 1 aromatic carbocycles. The van der Waals surface area contributed by atoms with E-state index in [4.69, 9.17) is 0 Å². The van der Waals surface area contributed by atoms with Crippen molar-refractivity contribution in [1.29, 1.82) is 0 Å². The van der Waals surface area contributed by atoms with Gasteiger partial charge in [0, 0.05) is 19.5 Å². The second-order valence-electron chi connectivity index (χ2n) is 18.5. The molecule has 1 aromatic rings. The fraction of sp³-hybridized carbons (Fsp3) is 0.822. The molecule has 0 unspecified atom stereocenters. The van der Waals surface area contributed by atoms with E-state index in [-0.39, 0.29) is 19.5 Å². The van der Waals surface area contributed by atoms with Crippen molar-refractivity contribution in [2.24, 2.45) is 0 Å². The Morgan fingerprint density at radius 2 is 0.640 bits per heavy atom. The van der Waals surface area contributed by atoms with Crippen molar-refractivity contribution in [3.05, 3.63) is 42.0 Å². The van der Waals surface area contributed by atoms with Crippen molar-refractivity contribution in [2.45, 2.75) is 232 Å². The van der Waals surface area contributed by atoms with Gasteiger partial charge in [-0.2, -0.15) is 0 Å². The Balaban J connectivity index is 0.00000432. The van der Waals surface area contributed by atoms with Gasteiger partial charge < -0.3 is 0 Å². The maximum Gasteiger partial charge on any atom is 0 e. The van der Waals surface area contributed by atoms with Gasteiger partial charge in [-0.15, -0.1) is 0 Å². The van der Waals surface area contributed by atoms with Crippen LogP contribution >= 0.6 is 34.4 Å². The number of allylic oxidation sites excluding steroid dienone is 1. The first-order valence-electron chi connectivity index (χ1n) is 22.2. The molecule has 0 aliphatic heterocycles. The molecule has 7 rings (SSSR count). The molecule has 0 nitrogen and oxygen atoms in total. The van der Waals surface area contributed by atoms with E-state index in [0.29, 0.717) is 5.40 Å². The van der Waals surface area contributed by atoms with Crippen LogP contribution in [-0.2, 0) is 19.5 Å². The second kappa shape index (κ2) is 17.9. The minimum atomic E-state index is -3.08. The van der Waals surface area contributed by atoms with Gasteiger partial charge >= 0.3 is 314 Å². The first-order chi connectivity index (χ1) is 24.0. The average Bonchev–Trinajstić information content (AvgIpc) is 3.20. The summed E-state index contributed by atoms with van der Waals surface area (Å²) in [6.07, 6.45) is 48.1. The van der Waals surface area contributed by atoms with Gasteiger partial charge in [-0.05, 0) is 0 Å². The topological polar surface area (TPSA) is 0 Å². The molecular weight excluding hydrogens is 774 g/mol. The van der Waals surface area contributed by atoms with E-state index >= 15 is 0 Å². The zero-order valence-electron chi connectivity index (χ0n) is 31.8. The van der Waals surface area contributed by atoms with Crippen molar-refractivity contribution < 1.29 is 19.5 Å². The van der Waals surface area contributed by atoms with Crippen molar-refractivity contribution in [3.63, 3.8) is 0 Å². The summed E-state index contributed by atoms with van der Waals surface area (Å²) in [5, 5.41) is 0.462. The quantitative estimate of drug-likeness (QED) is 0.163. The van der Waals surface area contributed by atoms with Crippen LogP contribution in [0.5, 0.6) is 0 Å². The first-order valence-corrected chi connectivity index (χ1v) is 29.0. The van der Waals surface area contributed by atoms with Crippen molar-refractivity contribution in [3.8, 4) is 0 Å². The summed E-state index contributed by atoms with van der Waals surface area (Å²) >= 11 is 19.9. The molecular formula is C45H74Cl2P2Ru. The predicted octanol–water partition coefficient (Wildman–Crippen LogP) is 16.4. The predicted molar refractivity (Wildman–Crippen MR) is 226 cm³/mol. The molecule has 6 saturated carbocycles. The van der Waals surface area contributed by atoms with Gasteiger partial charge in [0.05, 0.1) is 0 Å². The van der Waals surface area contributed by atoms with Crippen molar-refractivity contribution in [2.75, 3.05) is 0 Å². The monoisotopic (exact) mass is 848 g/mol. The molecule has 5 heteroatoms. The summed E-state index contributed by atoms with van der Waals surface area (Å²) in [6.45, 7) is 0. The number of rotatable bonds is 10. The van der Waals surface area contributed by atoms with E-state index in [1.54, 1.807) is 0 Å². The average molecular weight is 849 g/mol. The Kier molecular flexibility index (Phi) is 14.5. The summed E-state index contributed by atoms with van der Waals surface area (Å²) in [6, 6.07) is 11.5. The molecule has 0 saturated heterocycles. The number of halogens is 2. The third kappa shape index (κ3) is 7.12. The van der Waals surface area contributed by atoms with Crippen LogP contribution in [0.3, 0.4) is 0 Å². The van der Waals surface area contributed by atoms with Gasteiger partial charge in [0.15, 0.2) is 0 Å². The largest absolute Gasteiger partial charge is 0 e. The molecule has 286 valence electrons. The summed E-state index contributed by atoms with van der Waals surface area (Å²) < 4.78 is 0. The first kappa shape index (κ1) is 40.7. The molecule has 0 spiro atoms. The van der Waals surface area contributed by atoms with E-state index in [2.05, 4.69) is 42.5 Å². The van der Waals surface area contributed by atoms with Crippen LogP contribution in [0.15, 0.2) is 36.4 Å². The van der Waals surface area contributed by atoms with E-state index in [1.165, 1.54) is 198 Å². The van der Waals surface area contributed by atoms with E-state index in [9.17, 15) is 22.5 Å². The molecule has 0 heterocycles. The third-order valence-corrected chi connectivity index (χ3v) is 41.5. The maximum absolute atomic E-state index is 9.93. The molecule has 0 N–H and O–H groups in total. The fourth-order valence-corrected chi connectivity index (χ4v) is 45.6. The van der Waals surface area contributed by atoms with Gasteiger partial charge in [0.2, 0.25) is 0 Å². The van der Waals surface area contributed by atoms with Crippen LogP contribution in [-0.4, -0.2) is 39.4 Å². The van der Waals surface area contributed by atoms with Crippen LogP contribution in [0.25, 0.3) is 6.08 Å². The van der Waals surface area contributed by atoms with Crippen LogP contribution in [0.1, 0.15) is 198 Å². The number of hydrogen-bond acceptors (Lipinski definition) is 0. The SMILES string of the molecule is ClP(C1CCCCC1)(C1CCCCC1)(C1CCCCC1)C(C=Cc1ccccc1)P(Cl)(C1CCCCC1)(C1CCCCC1)C1CCCCC1.[Ru]. The van der Waals surface area contributed by atoms with Gasteiger partial charge in [-0.25, -0.2) is 0 Å². The van der Waals surface area contributed by atoms with Gasteiger partial charge in [-0.3, -0.25) is 0 Å². The Morgan fingerprint density at radius 1 is 0.400 bits per heavy atom. The molecule has 0 atom stereocenters. The Labute approximate surface area is 331 Å². The summed E-state index contributed by atoms with van der Waals surface area (Å²) in [7, 11) is 0. The summed E-state index contributed by atoms with van der Waals surface area (Å²) in [5.41, 5.74) is 5.78. The minimum Gasteiger partial charge on any atom is 0 e. The van der Waals surface area contributed by atoms with Gasteiger partial charge in [-0.1, -0.05) is 0 Å². The Bertz CT molecular complexity index is 1030. The molecule has 0 radical (unpaired) electrons. The normalized spacial score (nSPS) is 27.9. The Morgan fingerprint density at radius 3 is 0.880 bits per heavy atom. The van der Waals surface area contributed by atoms with Gasteiger partial charge in [0.1, 0.15) is 0 Å². The van der Waals surface area contributed by atoms with Crippen LogP contribution in [0, 0.1) is 0 Å². The maximum atomic E-state index is 9.93. The van der Waals surface area contributed by atoms with Crippen molar-refractivity contribution in [1.82, 2.24) is 0 Å². The van der Waals surface area contributed by atoms with Crippen LogP contribution in [0.2, 0.25) is 0 Å². The third-order valence-electron chi connectivity index (χ3n) is 16.4. The van der Waals surface area contributed by atoms with Crippen LogP contribution < -0.4 is 0 Å². The molecule has 0 aromatic heterocycles. The van der Waals surface area contributed by atoms with E-state index in [0.717, 1.165) is 34.0 Å². The van der Waals surface area contributed by atoms with E-state index < -0.39 is 11.9 Å². The smallest absolute Gasteiger partial charge is 0 e. The van der Waals surface area contributed by atoms with Gasteiger partial charge in [0.25, 0.3) is 0 Å². The minimum absolute atomic E-state index is 0. The number of benzene rings is 1. The molecule has 6 fully saturated rings.